The molecule has 58 heavy (non-hydrogen) atoms. The van der Waals surface area contributed by atoms with E-state index in [4.69, 9.17) is 15.0 Å². The molecule has 0 spiro atoms. The van der Waals surface area contributed by atoms with Crippen LogP contribution in [0.5, 0.6) is 0 Å². The molecule has 10 aromatic carbocycles. The zero-order valence-corrected chi connectivity index (χ0v) is 31.5. The Morgan fingerprint density at radius 2 is 0.552 bits per heavy atom. The van der Waals surface area contributed by atoms with E-state index < -0.39 is 0 Å². The van der Waals surface area contributed by atoms with Crippen LogP contribution >= 0.6 is 0 Å². The molecule has 11 aromatic rings. The monoisotopic (exact) mass is 737 g/mol. The third-order valence-corrected chi connectivity index (χ3v) is 11.2. The topological polar surface area (TPSA) is 38.7 Å². The van der Waals surface area contributed by atoms with Crippen LogP contribution in [-0.4, -0.2) is 15.0 Å². The average molecular weight is 738 g/mol. The number of hydrogen-bond acceptors (Lipinski definition) is 3. The SMILES string of the molecule is c1cc(-c2ccc3ccccc3c2)cc(-c2nc(-c3cccc(-c4ccc5cc(-c6cccc7ccccc67)ccc5c4)c3)nc(-c3ccc4ccccc4c3)n2)c1. The molecule has 270 valence electrons. The maximum absolute atomic E-state index is 5.17. The molecule has 0 aliphatic rings. The molecule has 0 bridgehead atoms. The minimum atomic E-state index is 0.631. The first-order valence-electron chi connectivity index (χ1n) is 19.7. The first-order valence-corrected chi connectivity index (χ1v) is 19.7. The first kappa shape index (κ1) is 33.6. The van der Waals surface area contributed by atoms with Crippen LogP contribution in [0.25, 0.3) is 111 Å². The third kappa shape index (κ3) is 6.25. The molecule has 3 nitrogen and oxygen atoms in total. The number of hydrogen-bond donors (Lipinski definition) is 0. The van der Waals surface area contributed by atoms with Crippen molar-refractivity contribution in [1.82, 2.24) is 15.0 Å². The van der Waals surface area contributed by atoms with Crippen LogP contribution in [0.15, 0.2) is 212 Å². The van der Waals surface area contributed by atoms with Crippen molar-refractivity contribution in [3.8, 4) is 67.5 Å². The maximum atomic E-state index is 5.17. The summed E-state index contributed by atoms with van der Waals surface area (Å²) < 4.78 is 0. The summed E-state index contributed by atoms with van der Waals surface area (Å²) in [6.45, 7) is 0. The van der Waals surface area contributed by atoms with Gasteiger partial charge in [0.25, 0.3) is 0 Å². The molecule has 0 aliphatic heterocycles. The summed E-state index contributed by atoms with van der Waals surface area (Å²) in [4.78, 5) is 15.4. The maximum Gasteiger partial charge on any atom is 0.164 e. The van der Waals surface area contributed by atoms with Crippen molar-refractivity contribution in [2.45, 2.75) is 0 Å². The second-order valence-corrected chi connectivity index (χ2v) is 14.9. The van der Waals surface area contributed by atoms with Gasteiger partial charge in [-0.15, -0.1) is 0 Å². The second-order valence-electron chi connectivity index (χ2n) is 14.9. The summed E-state index contributed by atoms with van der Waals surface area (Å²) in [5.41, 5.74) is 9.78. The minimum Gasteiger partial charge on any atom is -0.208 e. The van der Waals surface area contributed by atoms with Crippen LogP contribution < -0.4 is 0 Å². The van der Waals surface area contributed by atoms with Crippen molar-refractivity contribution in [2.24, 2.45) is 0 Å². The molecule has 0 amide bonds. The molecule has 0 aliphatic carbocycles. The molecule has 0 saturated heterocycles. The summed E-state index contributed by atoms with van der Waals surface area (Å²) >= 11 is 0. The van der Waals surface area contributed by atoms with Crippen molar-refractivity contribution >= 4 is 43.1 Å². The zero-order chi connectivity index (χ0) is 38.4. The highest BCUT2D eigenvalue weighted by molar-refractivity contribution is 6.00. The van der Waals surface area contributed by atoms with E-state index in [-0.39, 0.29) is 0 Å². The van der Waals surface area contributed by atoms with Gasteiger partial charge in [-0.05, 0) is 113 Å². The van der Waals surface area contributed by atoms with Gasteiger partial charge in [-0.2, -0.15) is 0 Å². The van der Waals surface area contributed by atoms with Crippen LogP contribution in [0.4, 0.5) is 0 Å². The van der Waals surface area contributed by atoms with Gasteiger partial charge in [-0.3, -0.25) is 0 Å². The van der Waals surface area contributed by atoms with Gasteiger partial charge >= 0.3 is 0 Å². The first-order chi connectivity index (χ1) is 28.7. The normalized spacial score (nSPS) is 11.4. The van der Waals surface area contributed by atoms with Gasteiger partial charge in [0.15, 0.2) is 17.5 Å². The minimum absolute atomic E-state index is 0.631. The standard InChI is InChI=1S/C55H35N3/c1-3-13-39-30-43(24-22-36(39)10-1)41-16-7-18-48(34-41)53-56-54(58-55(57-53)50-29-23-37-11-2-4-14-40(37)33-50)49-19-8-17-42(35-49)44-25-26-46-32-47(28-27-45(46)31-44)52-21-9-15-38-12-5-6-20-51(38)52/h1-35H. The molecule has 0 N–H and O–H groups in total. The van der Waals surface area contributed by atoms with E-state index in [9.17, 15) is 0 Å². The van der Waals surface area contributed by atoms with Crippen LogP contribution in [0.1, 0.15) is 0 Å². The number of nitrogens with zero attached hydrogens (tertiary/aromatic N) is 3. The molecular formula is C55H35N3. The molecule has 0 radical (unpaired) electrons. The third-order valence-electron chi connectivity index (χ3n) is 11.2. The summed E-state index contributed by atoms with van der Waals surface area (Å²) in [6, 6.07) is 75.5. The molecule has 0 saturated carbocycles. The molecular weight excluding hydrogens is 703 g/mol. The van der Waals surface area contributed by atoms with Crippen molar-refractivity contribution in [3.05, 3.63) is 212 Å². The zero-order valence-electron chi connectivity index (χ0n) is 31.5. The Morgan fingerprint density at radius 3 is 1.14 bits per heavy atom. The Hall–Kier alpha value is -7.75. The van der Waals surface area contributed by atoms with E-state index in [0.29, 0.717) is 17.5 Å². The lowest BCUT2D eigenvalue weighted by atomic mass is 9.94. The molecule has 0 atom stereocenters. The Labute approximate surface area is 336 Å². The highest BCUT2D eigenvalue weighted by Crippen LogP contribution is 2.35. The molecule has 1 aromatic heterocycles. The van der Waals surface area contributed by atoms with Crippen molar-refractivity contribution < 1.29 is 0 Å². The van der Waals surface area contributed by atoms with E-state index in [1.54, 1.807) is 0 Å². The van der Waals surface area contributed by atoms with Gasteiger partial charge in [0, 0.05) is 16.7 Å². The van der Waals surface area contributed by atoms with Crippen LogP contribution in [0.2, 0.25) is 0 Å². The fraction of sp³-hybridized carbons (Fsp3) is 0. The summed E-state index contributed by atoms with van der Waals surface area (Å²) in [6.07, 6.45) is 0. The fourth-order valence-electron chi connectivity index (χ4n) is 8.21. The largest absolute Gasteiger partial charge is 0.208 e. The highest BCUT2D eigenvalue weighted by atomic mass is 15.0. The Morgan fingerprint density at radius 1 is 0.207 bits per heavy atom. The van der Waals surface area contributed by atoms with Gasteiger partial charge in [-0.1, -0.05) is 176 Å². The van der Waals surface area contributed by atoms with E-state index in [1.165, 1.54) is 48.8 Å². The van der Waals surface area contributed by atoms with Crippen LogP contribution in [-0.2, 0) is 0 Å². The van der Waals surface area contributed by atoms with Gasteiger partial charge < -0.3 is 0 Å². The number of fused-ring (bicyclic) bond motifs is 4. The number of rotatable bonds is 6. The number of aromatic nitrogens is 3. The van der Waals surface area contributed by atoms with Crippen LogP contribution in [0, 0.1) is 0 Å². The summed E-state index contributed by atoms with van der Waals surface area (Å²) in [5, 5.41) is 9.67. The molecule has 3 heteroatoms. The van der Waals surface area contributed by atoms with Gasteiger partial charge in [0.05, 0.1) is 0 Å². The predicted octanol–water partition coefficient (Wildman–Crippen LogP) is 14.5. The summed E-state index contributed by atoms with van der Waals surface area (Å²) in [5.74, 6) is 1.90. The molecule has 0 unspecified atom stereocenters. The lowest BCUT2D eigenvalue weighted by Gasteiger charge is -2.12. The van der Waals surface area contributed by atoms with Crippen molar-refractivity contribution in [2.75, 3.05) is 0 Å². The van der Waals surface area contributed by atoms with Crippen molar-refractivity contribution in [1.29, 1.82) is 0 Å². The van der Waals surface area contributed by atoms with Gasteiger partial charge in [0.2, 0.25) is 0 Å². The second kappa shape index (κ2) is 14.1. The lowest BCUT2D eigenvalue weighted by Crippen LogP contribution is -2.00. The van der Waals surface area contributed by atoms with E-state index in [0.717, 1.165) is 44.3 Å². The Kier molecular flexibility index (Phi) is 8.15. The Bertz CT molecular complexity index is 3360. The Balaban J connectivity index is 0.993. The van der Waals surface area contributed by atoms with E-state index >= 15 is 0 Å². The predicted molar refractivity (Wildman–Crippen MR) is 242 cm³/mol. The fourth-order valence-corrected chi connectivity index (χ4v) is 8.21. The van der Waals surface area contributed by atoms with Gasteiger partial charge in [0.1, 0.15) is 0 Å². The molecule has 11 rings (SSSR count). The lowest BCUT2D eigenvalue weighted by molar-refractivity contribution is 1.07. The van der Waals surface area contributed by atoms with Crippen molar-refractivity contribution in [3.63, 3.8) is 0 Å². The van der Waals surface area contributed by atoms with Gasteiger partial charge in [-0.25, -0.2) is 15.0 Å². The highest BCUT2D eigenvalue weighted by Gasteiger charge is 2.15. The van der Waals surface area contributed by atoms with E-state index in [2.05, 4.69) is 212 Å². The average Bonchev–Trinajstić information content (AvgIpc) is 3.30. The van der Waals surface area contributed by atoms with E-state index in [1.807, 2.05) is 0 Å². The van der Waals surface area contributed by atoms with Crippen LogP contribution in [0.3, 0.4) is 0 Å². The molecule has 1 heterocycles. The molecule has 0 fully saturated rings. The smallest absolute Gasteiger partial charge is 0.164 e. The summed E-state index contributed by atoms with van der Waals surface area (Å²) in [7, 11) is 0. The quantitative estimate of drug-likeness (QED) is 0.171. The number of benzene rings is 10.